The number of hydrogen-bond acceptors (Lipinski definition) is 1. The zero-order valence-electron chi connectivity index (χ0n) is 20.3. The van der Waals surface area contributed by atoms with E-state index in [1.165, 1.54) is 64.2 Å². The average Bonchev–Trinajstić information content (AvgIpc) is 3.03. The van der Waals surface area contributed by atoms with Crippen molar-refractivity contribution in [2.45, 2.75) is 112 Å². The third-order valence-electron chi connectivity index (χ3n) is 11.3. The van der Waals surface area contributed by atoms with Crippen LogP contribution >= 0.6 is 0 Å². The monoisotopic (exact) mass is 400 g/mol. The molecule has 0 amide bonds. The molecule has 0 radical (unpaired) electrons. The van der Waals surface area contributed by atoms with Crippen LogP contribution in [0.3, 0.4) is 0 Å². The number of Topliss-reactive ketones (excluding diaryl/α,β-unsaturated/α-hetero) is 1. The Morgan fingerprint density at radius 3 is 2.31 bits per heavy atom. The zero-order valence-corrected chi connectivity index (χ0v) is 20.3. The predicted octanol–water partition coefficient (Wildman–Crippen LogP) is 7.92. The lowest BCUT2D eigenvalue weighted by atomic mass is 9.44. The molecule has 4 aliphatic carbocycles. The molecule has 4 fully saturated rings. The fraction of sp³-hybridized carbons (Fsp3) is 0.964. The lowest BCUT2D eigenvalue weighted by Gasteiger charge is -2.60. The summed E-state index contributed by atoms with van der Waals surface area (Å²) < 4.78 is 0. The van der Waals surface area contributed by atoms with Gasteiger partial charge in [0.25, 0.3) is 0 Å². The Hall–Kier alpha value is -0.330. The van der Waals surface area contributed by atoms with Gasteiger partial charge < -0.3 is 0 Å². The second-order valence-electron chi connectivity index (χ2n) is 12.9. The molecule has 0 spiro atoms. The highest BCUT2D eigenvalue weighted by Gasteiger charge is 2.61. The quantitative estimate of drug-likeness (QED) is 0.458. The molecule has 29 heavy (non-hydrogen) atoms. The molecular formula is C28H48O. The molecule has 0 aromatic heterocycles. The van der Waals surface area contributed by atoms with E-state index in [2.05, 4.69) is 41.5 Å². The van der Waals surface area contributed by atoms with Crippen molar-refractivity contribution in [2.24, 2.45) is 58.2 Å². The van der Waals surface area contributed by atoms with Gasteiger partial charge >= 0.3 is 0 Å². The summed E-state index contributed by atoms with van der Waals surface area (Å²) in [4.78, 5) is 13.2. The summed E-state index contributed by atoms with van der Waals surface area (Å²) in [6, 6.07) is 0. The van der Waals surface area contributed by atoms with Crippen LogP contribution in [-0.4, -0.2) is 5.78 Å². The zero-order chi connectivity index (χ0) is 21.0. The maximum Gasteiger partial charge on any atom is 0.136 e. The maximum atomic E-state index is 13.2. The Labute approximate surface area is 181 Å². The van der Waals surface area contributed by atoms with Crippen LogP contribution in [0.15, 0.2) is 0 Å². The molecule has 0 saturated heterocycles. The highest BCUT2D eigenvalue weighted by molar-refractivity contribution is 5.83. The standard InChI is InChI=1S/C28H48O/c1-18(2)19(3)10-11-20(4)22-12-13-23-21-17-26(29)25-9-7-8-15-27(25,5)24(21)14-16-28(22,23)6/h18-25H,7-17H2,1-6H3/t19?,20-,21+,22-,23+,24+,25-,27-,28-/m1/s1. The van der Waals surface area contributed by atoms with Gasteiger partial charge in [-0.25, -0.2) is 0 Å². The van der Waals surface area contributed by atoms with Crippen molar-refractivity contribution in [3.05, 3.63) is 0 Å². The molecule has 1 heteroatoms. The van der Waals surface area contributed by atoms with Crippen LogP contribution in [-0.2, 0) is 4.79 Å². The van der Waals surface area contributed by atoms with E-state index in [9.17, 15) is 4.79 Å². The van der Waals surface area contributed by atoms with Gasteiger partial charge in [0.1, 0.15) is 5.78 Å². The Morgan fingerprint density at radius 2 is 1.59 bits per heavy atom. The molecule has 0 aromatic rings. The van der Waals surface area contributed by atoms with Gasteiger partial charge in [0.05, 0.1) is 0 Å². The van der Waals surface area contributed by atoms with Crippen molar-refractivity contribution in [3.8, 4) is 0 Å². The number of carbonyl (C=O) groups excluding carboxylic acids is 1. The van der Waals surface area contributed by atoms with Crippen LogP contribution in [0.25, 0.3) is 0 Å². The van der Waals surface area contributed by atoms with Gasteiger partial charge in [0.2, 0.25) is 0 Å². The Balaban J connectivity index is 1.50. The van der Waals surface area contributed by atoms with Gasteiger partial charge in [0.15, 0.2) is 0 Å². The minimum atomic E-state index is 0.329. The van der Waals surface area contributed by atoms with E-state index in [1.807, 2.05) is 0 Å². The average molecular weight is 401 g/mol. The summed E-state index contributed by atoms with van der Waals surface area (Å²) in [5.41, 5.74) is 0.829. The van der Waals surface area contributed by atoms with Crippen molar-refractivity contribution < 1.29 is 4.79 Å². The van der Waals surface area contributed by atoms with Crippen molar-refractivity contribution in [1.82, 2.24) is 0 Å². The van der Waals surface area contributed by atoms with Crippen molar-refractivity contribution in [1.29, 1.82) is 0 Å². The molecule has 0 aliphatic heterocycles. The highest BCUT2D eigenvalue weighted by Crippen LogP contribution is 2.67. The molecule has 0 aromatic carbocycles. The van der Waals surface area contributed by atoms with Crippen LogP contribution in [0.2, 0.25) is 0 Å². The summed E-state index contributed by atoms with van der Waals surface area (Å²) in [6.45, 7) is 14.9. The van der Waals surface area contributed by atoms with Crippen LogP contribution in [0.5, 0.6) is 0 Å². The van der Waals surface area contributed by atoms with Gasteiger partial charge in [-0.3, -0.25) is 4.79 Å². The van der Waals surface area contributed by atoms with Crippen molar-refractivity contribution in [2.75, 3.05) is 0 Å². The minimum Gasteiger partial charge on any atom is -0.299 e. The Bertz CT molecular complexity index is 607. The van der Waals surface area contributed by atoms with Crippen LogP contribution in [0.4, 0.5) is 0 Å². The Kier molecular flexibility index (Phi) is 6.02. The van der Waals surface area contributed by atoms with E-state index in [0.717, 1.165) is 41.9 Å². The molecule has 0 N–H and O–H groups in total. The molecule has 1 nitrogen and oxygen atoms in total. The second kappa shape index (κ2) is 7.98. The SMILES string of the molecule is CC(C)C(C)CC[C@@H](C)[C@H]1CC[C@H]2[C@@H]3CC(=O)[C@H]4CCCC[C@]4(C)[C@H]3CC[C@]12C. The molecular weight excluding hydrogens is 352 g/mol. The smallest absolute Gasteiger partial charge is 0.136 e. The molecule has 0 bridgehead atoms. The number of ketones is 1. The van der Waals surface area contributed by atoms with E-state index in [0.29, 0.717) is 28.4 Å². The van der Waals surface area contributed by atoms with Crippen LogP contribution in [0, 0.1) is 58.2 Å². The van der Waals surface area contributed by atoms with Crippen molar-refractivity contribution in [3.63, 3.8) is 0 Å². The van der Waals surface area contributed by atoms with Gasteiger partial charge in [-0.2, -0.15) is 0 Å². The van der Waals surface area contributed by atoms with Gasteiger partial charge in [-0.05, 0) is 90.8 Å². The van der Waals surface area contributed by atoms with E-state index >= 15 is 0 Å². The lowest BCUT2D eigenvalue weighted by molar-refractivity contribution is -0.154. The van der Waals surface area contributed by atoms with Gasteiger partial charge in [-0.1, -0.05) is 67.2 Å². The minimum absolute atomic E-state index is 0.329. The van der Waals surface area contributed by atoms with E-state index in [-0.39, 0.29) is 0 Å². The number of hydrogen-bond donors (Lipinski definition) is 0. The first-order chi connectivity index (χ1) is 13.7. The van der Waals surface area contributed by atoms with E-state index in [1.54, 1.807) is 0 Å². The van der Waals surface area contributed by atoms with Crippen molar-refractivity contribution >= 4 is 5.78 Å². The highest BCUT2D eigenvalue weighted by atomic mass is 16.1. The normalized spacial score (nSPS) is 46.7. The number of fused-ring (bicyclic) bond motifs is 5. The van der Waals surface area contributed by atoms with E-state index < -0.39 is 0 Å². The fourth-order valence-corrected chi connectivity index (χ4v) is 9.13. The van der Waals surface area contributed by atoms with Gasteiger partial charge in [0, 0.05) is 12.3 Å². The third kappa shape index (κ3) is 3.55. The molecule has 9 atom stereocenters. The summed E-state index contributed by atoms with van der Waals surface area (Å²) >= 11 is 0. The summed E-state index contributed by atoms with van der Waals surface area (Å²) in [6.07, 6.45) is 14.5. The Morgan fingerprint density at radius 1 is 0.862 bits per heavy atom. The number of carbonyl (C=O) groups is 1. The molecule has 1 unspecified atom stereocenters. The summed E-state index contributed by atoms with van der Waals surface area (Å²) in [7, 11) is 0. The van der Waals surface area contributed by atoms with E-state index in [4.69, 9.17) is 0 Å². The summed E-state index contributed by atoms with van der Waals surface area (Å²) in [5.74, 6) is 6.79. The predicted molar refractivity (Wildman–Crippen MR) is 123 cm³/mol. The topological polar surface area (TPSA) is 17.1 Å². The molecule has 166 valence electrons. The molecule has 0 heterocycles. The third-order valence-corrected chi connectivity index (χ3v) is 11.3. The molecule has 4 saturated carbocycles. The number of rotatable bonds is 5. The van der Waals surface area contributed by atoms with Crippen LogP contribution in [0.1, 0.15) is 112 Å². The lowest BCUT2D eigenvalue weighted by Crippen LogP contribution is -2.56. The van der Waals surface area contributed by atoms with Crippen LogP contribution < -0.4 is 0 Å². The first-order valence-electron chi connectivity index (χ1n) is 13.2. The maximum absolute atomic E-state index is 13.2. The second-order valence-corrected chi connectivity index (χ2v) is 12.9. The summed E-state index contributed by atoms with van der Waals surface area (Å²) in [5, 5.41) is 0. The largest absolute Gasteiger partial charge is 0.299 e. The molecule has 4 aliphatic rings. The first kappa shape index (κ1) is 21.9. The molecule has 4 rings (SSSR count). The van der Waals surface area contributed by atoms with Gasteiger partial charge in [-0.15, -0.1) is 0 Å². The fourth-order valence-electron chi connectivity index (χ4n) is 9.13. The first-order valence-corrected chi connectivity index (χ1v) is 13.2.